The number of carbonyl (C=O) groups excluding carboxylic acids is 1. The standard InChI is InChI=1S/C52H101N2O6P/c1-6-8-10-12-14-16-18-19-20-21-22-23-24-25-26-27-28-29-30-31-32-33-34-35-36-38-40-42-44-46-52(56)53-50(49-60-61(57,58)59-48-47-54(3,4)5)51(55)45-43-41-39-37-17-15-13-11-9-7-2/h18-19,21-22,24-25,50-51,55H,6-17,20,23,26-49H2,1-5H3,(H-,53,56,57,58)/b19-18-,22-21-,25-24-. The first-order valence-electron chi connectivity index (χ1n) is 25.8. The molecule has 0 radical (unpaired) electrons. The third kappa shape index (κ3) is 46.5. The number of hydrogen-bond donors (Lipinski definition) is 2. The van der Waals surface area contributed by atoms with Crippen molar-refractivity contribution < 1.29 is 32.9 Å². The van der Waals surface area contributed by atoms with E-state index in [2.05, 4.69) is 55.6 Å². The molecule has 61 heavy (non-hydrogen) atoms. The van der Waals surface area contributed by atoms with Gasteiger partial charge in [-0.15, -0.1) is 0 Å². The number of likely N-dealkylation sites (N-methyl/N-ethyl adjacent to an activating group) is 1. The summed E-state index contributed by atoms with van der Waals surface area (Å²) in [5.74, 6) is -0.167. The molecular formula is C52H101N2O6P. The van der Waals surface area contributed by atoms with Gasteiger partial charge in [-0.25, -0.2) is 0 Å². The van der Waals surface area contributed by atoms with E-state index in [4.69, 9.17) is 9.05 Å². The predicted octanol–water partition coefficient (Wildman–Crippen LogP) is 14.4. The minimum absolute atomic E-state index is 0.0122. The second-order valence-electron chi connectivity index (χ2n) is 18.9. The Balaban J connectivity index is 4.04. The topological polar surface area (TPSA) is 108 Å². The van der Waals surface area contributed by atoms with Crippen molar-refractivity contribution in [3.05, 3.63) is 36.5 Å². The molecule has 0 aromatic rings. The Morgan fingerprint density at radius 2 is 0.951 bits per heavy atom. The Labute approximate surface area is 378 Å². The van der Waals surface area contributed by atoms with Crippen LogP contribution in [0.2, 0.25) is 0 Å². The molecule has 0 rings (SSSR count). The quantitative estimate of drug-likeness (QED) is 0.0273. The highest BCUT2D eigenvalue weighted by molar-refractivity contribution is 7.45. The van der Waals surface area contributed by atoms with E-state index in [0.29, 0.717) is 23.9 Å². The Kier molecular flexibility index (Phi) is 43.0. The van der Waals surface area contributed by atoms with Gasteiger partial charge in [0.25, 0.3) is 7.82 Å². The van der Waals surface area contributed by atoms with Crippen LogP contribution in [0.25, 0.3) is 0 Å². The van der Waals surface area contributed by atoms with Crippen molar-refractivity contribution in [3.8, 4) is 0 Å². The van der Waals surface area contributed by atoms with Crippen LogP contribution in [0.15, 0.2) is 36.5 Å². The van der Waals surface area contributed by atoms with Gasteiger partial charge in [0.15, 0.2) is 0 Å². The predicted molar refractivity (Wildman–Crippen MR) is 261 cm³/mol. The lowest BCUT2D eigenvalue weighted by atomic mass is 10.0. The number of unbranched alkanes of at least 4 members (excludes halogenated alkanes) is 28. The number of amides is 1. The van der Waals surface area contributed by atoms with E-state index in [1.807, 2.05) is 21.1 Å². The lowest BCUT2D eigenvalue weighted by molar-refractivity contribution is -0.870. The van der Waals surface area contributed by atoms with Crippen LogP contribution in [-0.2, 0) is 18.4 Å². The van der Waals surface area contributed by atoms with Crippen LogP contribution < -0.4 is 10.2 Å². The Morgan fingerprint density at radius 3 is 1.38 bits per heavy atom. The summed E-state index contributed by atoms with van der Waals surface area (Å²) in [5.41, 5.74) is 0. The third-order valence-electron chi connectivity index (χ3n) is 11.6. The van der Waals surface area contributed by atoms with Crippen LogP contribution in [0.5, 0.6) is 0 Å². The second kappa shape index (κ2) is 43.9. The SMILES string of the molecule is CCCCCCC/C=C\C/C=C\C/C=C\CCCCCCCCCCCCCCCCC(=O)NC(COP(=O)([O-])OCC[N+](C)(C)C)C(O)CCCCCCCCCCCC. The smallest absolute Gasteiger partial charge is 0.268 e. The molecule has 0 spiro atoms. The lowest BCUT2D eigenvalue weighted by Crippen LogP contribution is -2.46. The van der Waals surface area contributed by atoms with Crippen molar-refractivity contribution >= 4 is 13.7 Å². The molecule has 0 heterocycles. The maximum atomic E-state index is 12.9. The molecule has 0 aliphatic rings. The van der Waals surface area contributed by atoms with E-state index in [-0.39, 0.29) is 19.1 Å². The minimum atomic E-state index is -4.56. The Morgan fingerprint density at radius 1 is 0.574 bits per heavy atom. The molecule has 3 atom stereocenters. The number of rotatable bonds is 47. The van der Waals surface area contributed by atoms with Crippen LogP contribution in [0.1, 0.15) is 239 Å². The summed E-state index contributed by atoms with van der Waals surface area (Å²) >= 11 is 0. The summed E-state index contributed by atoms with van der Waals surface area (Å²) in [6.07, 6.45) is 54.6. The molecule has 0 aromatic carbocycles. The van der Waals surface area contributed by atoms with Crippen molar-refractivity contribution in [2.75, 3.05) is 40.9 Å². The highest BCUT2D eigenvalue weighted by Crippen LogP contribution is 2.38. The van der Waals surface area contributed by atoms with Gasteiger partial charge in [0.1, 0.15) is 13.2 Å². The van der Waals surface area contributed by atoms with Crippen LogP contribution in [0.3, 0.4) is 0 Å². The zero-order valence-electron chi connectivity index (χ0n) is 40.9. The van der Waals surface area contributed by atoms with Gasteiger partial charge in [0.05, 0.1) is 39.9 Å². The first-order valence-corrected chi connectivity index (χ1v) is 27.3. The molecular weight excluding hydrogens is 780 g/mol. The van der Waals surface area contributed by atoms with Crippen molar-refractivity contribution in [3.63, 3.8) is 0 Å². The number of phosphoric ester groups is 1. The number of allylic oxidation sites excluding steroid dienone is 6. The molecule has 0 bridgehead atoms. The molecule has 9 heteroatoms. The van der Waals surface area contributed by atoms with E-state index in [1.165, 1.54) is 161 Å². The molecule has 0 aromatic heterocycles. The number of aliphatic hydroxyl groups is 1. The summed E-state index contributed by atoms with van der Waals surface area (Å²) < 4.78 is 23.3. The molecule has 2 N–H and O–H groups in total. The van der Waals surface area contributed by atoms with E-state index < -0.39 is 20.0 Å². The van der Waals surface area contributed by atoms with Crippen LogP contribution in [0, 0.1) is 0 Å². The second-order valence-corrected chi connectivity index (χ2v) is 20.3. The molecule has 0 aliphatic heterocycles. The normalized spacial score (nSPS) is 14.4. The average Bonchev–Trinajstić information content (AvgIpc) is 3.21. The van der Waals surface area contributed by atoms with Crippen LogP contribution in [0.4, 0.5) is 0 Å². The number of carbonyl (C=O) groups is 1. The van der Waals surface area contributed by atoms with E-state index in [9.17, 15) is 19.4 Å². The van der Waals surface area contributed by atoms with Gasteiger partial charge in [0.2, 0.25) is 5.91 Å². The summed E-state index contributed by atoms with van der Waals surface area (Å²) in [4.78, 5) is 25.4. The van der Waals surface area contributed by atoms with E-state index >= 15 is 0 Å². The molecule has 0 aliphatic carbocycles. The van der Waals surface area contributed by atoms with Crippen molar-refractivity contribution in [2.24, 2.45) is 0 Å². The number of hydrogen-bond acceptors (Lipinski definition) is 6. The van der Waals surface area contributed by atoms with E-state index in [0.717, 1.165) is 51.4 Å². The van der Waals surface area contributed by atoms with Gasteiger partial charge in [-0.2, -0.15) is 0 Å². The molecule has 8 nitrogen and oxygen atoms in total. The van der Waals surface area contributed by atoms with Gasteiger partial charge in [0, 0.05) is 6.42 Å². The van der Waals surface area contributed by atoms with Crippen molar-refractivity contribution in [1.82, 2.24) is 5.32 Å². The van der Waals surface area contributed by atoms with Gasteiger partial charge in [-0.05, 0) is 51.4 Å². The van der Waals surface area contributed by atoms with Crippen molar-refractivity contribution in [2.45, 2.75) is 251 Å². The van der Waals surface area contributed by atoms with E-state index in [1.54, 1.807) is 0 Å². The molecule has 0 saturated carbocycles. The van der Waals surface area contributed by atoms with Gasteiger partial charge < -0.3 is 28.8 Å². The number of aliphatic hydroxyl groups excluding tert-OH is 1. The number of nitrogens with zero attached hydrogens (tertiary/aromatic N) is 1. The first kappa shape index (κ1) is 59.7. The molecule has 0 saturated heterocycles. The monoisotopic (exact) mass is 881 g/mol. The molecule has 1 amide bonds. The highest BCUT2D eigenvalue weighted by Gasteiger charge is 2.24. The van der Waals surface area contributed by atoms with Gasteiger partial charge in [-0.1, -0.05) is 217 Å². The molecule has 3 unspecified atom stereocenters. The van der Waals surface area contributed by atoms with Gasteiger partial charge >= 0.3 is 0 Å². The Hall–Kier alpha value is -1.28. The summed E-state index contributed by atoms with van der Waals surface area (Å²) in [6.45, 7) is 4.70. The largest absolute Gasteiger partial charge is 0.756 e. The zero-order chi connectivity index (χ0) is 45.0. The number of quaternary nitrogens is 1. The number of phosphoric acid groups is 1. The zero-order valence-corrected chi connectivity index (χ0v) is 41.8. The summed E-state index contributed by atoms with van der Waals surface area (Å²) in [6, 6.07) is -0.798. The maximum Gasteiger partial charge on any atom is 0.268 e. The average molecular weight is 881 g/mol. The fraction of sp³-hybridized carbons (Fsp3) is 0.865. The Bertz CT molecular complexity index is 1090. The lowest BCUT2D eigenvalue weighted by Gasteiger charge is -2.30. The first-order chi connectivity index (χ1) is 29.5. The fourth-order valence-electron chi connectivity index (χ4n) is 7.52. The van der Waals surface area contributed by atoms with Crippen LogP contribution >= 0.6 is 7.82 Å². The number of nitrogens with one attached hydrogen (secondary N) is 1. The third-order valence-corrected chi connectivity index (χ3v) is 12.6. The molecule has 360 valence electrons. The fourth-order valence-corrected chi connectivity index (χ4v) is 8.24. The van der Waals surface area contributed by atoms with Crippen LogP contribution in [-0.4, -0.2) is 68.5 Å². The summed E-state index contributed by atoms with van der Waals surface area (Å²) in [5, 5.41) is 13.9. The minimum Gasteiger partial charge on any atom is -0.756 e. The van der Waals surface area contributed by atoms with Crippen molar-refractivity contribution in [1.29, 1.82) is 0 Å². The highest BCUT2D eigenvalue weighted by atomic mass is 31.2. The van der Waals surface area contributed by atoms with Gasteiger partial charge in [-0.3, -0.25) is 9.36 Å². The molecule has 0 fully saturated rings. The maximum absolute atomic E-state index is 12.9. The summed E-state index contributed by atoms with van der Waals surface area (Å²) in [7, 11) is 1.31.